The summed E-state index contributed by atoms with van der Waals surface area (Å²) in [5, 5.41) is 3.54. The minimum atomic E-state index is 0.327. The van der Waals surface area contributed by atoms with Gasteiger partial charge in [-0.05, 0) is 64.3 Å². The van der Waals surface area contributed by atoms with Gasteiger partial charge in [0.05, 0.1) is 6.10 Å². The number of rotatable bonds is 9. The van der Waals surface area contributed by atoms with Gasteiger partial charge in [0.15, 0.2) is 11.5 Å². The van der Waals surface area contributed by atoms with Crippen LogP contribution in [0.2, 0.25) is 0 Å². The smallest absolute Gasteiger partial charge is 0.231 e. The maximum atomic E-state index is 5.53. The lowest BCUT2D eigenvalue weighted by Crippen LogP contribution is -2.28. The molecule has 0 spiro atoms. The number of hydrogen-bond acceptors (Lipinski definition) is 4. The first kappa shape index (κ1) is 16.1. The summed E-state index contributed by atoms with van der Waals surface area (Å²) in [6, 6.07) is 6.72. The van der Waals surface area contributed by atoms with Crippen molar-refractivity contribution in [1.29, 1.82) is 0 Å². The Bertz CT molecular complexity index is 434. The van der Waals surface area contributed by atoms with Crippen molar-refractivity contribution in [3.8, 4) is 11.5 Å². The molecule has 1 aromatic rings. The molecule has 0 saturated heterocycles. The van der Waals surface area contributed by atoms with E-state index < -0.39 is 0 Å². The monoisotopic (exact) mass is 293 g/mol. The van der Waals surface area contributed by atoms with Crippen molar-refractivity contribution in [1.82, 2.24) is 5.32 Å². The van der Waals surface area contributed by atoms with Crippen LogP contribution in [0.5, 0.6) is 11.5 Å². The zero-order chi connectivity index (χ0) is 15.1. The molecule has 4 nitrogen and oxygen atoms in total. The first-order valence-electron chi connectivity index (χ1n) is 7.88. The third-order valence-electron chi connectivity index (χ3n) is 3.57. The third kappa shape index (κ3) is 5.56. The fourth-order valence-corrected chi connectivity index (χ4v) is 2.32. The number of aryl methyl sites for hydroxylation is 1. The summed E-state index contributed by atoms with van der Waals surface area (Å²) in [4.78, 5) is 0. The van der Waals surface area contributed by atoms with Gasteiger partial charge in [0.25, 0.3) is 0 Å². The molecule has 0 aliphatic carbocycles. The molecule has 0 amide bonds. The molecule has 0 aromatic heterocycles. The van der Waals surface area contributed by atoms with E-state index in [0.29, 0.717) is 18.9 Å². The average Bonchev–Trinajstić information content (AvgIpc) is 2.92. The second kappa shape index (κ2) is 8.25. The van der Waals surface area contributed by atoms with E-state index in [9.17, 15) is 0 Å². The number of fused-ring (bicyclic) bond motifs is 1. The van der Waals surface area contributed by atoms with E-state index in [4.69, 9.17) is 14.2 Å². The molecule has 1 aromatic carbocycles. The fraction of sp³-hybridized carbons (Fsp3) is 0.647. The molecule has 21 heavy (non-hydrogen) atoms. The van der Waals surface area contributed by atoms with Crippen LogP contribution in [-0.4, -0.2) is 32.1 Å². The van der Waals surface area contributed by atoms with Crippen LogP contribution in [0, 0.1) is 0 Å². The first-order valence-corrected chi connectivity index (χ1v) is 7.88. The van der Waals surface area contributed by atoms with Crippen molar-refractivity contribution < 1.29 is 14.2 Å². The van der Waals surface area contributed by atoms with E-state index in [-0.39, 0.29) is 0 Å². The SMILES string of the molecule is CC(CCc1ccc2c(c1)OCO2)NCCCOC(C)C. The van der Waals surface area contributed by atoms with Gasteiger partial charge >= 0.3 is 0 Å². The van der Waals surface area contributed by atoms with Crippen LogP contribution in [0.3, 0.4) is 0 Å². The van der Waals surface area contributed by atoms with E-state index in [1.54, 1.807) is 0 Å². The molecule has 1 unspecified atom stereocenters. The molecule has 0 fully saturated rings. The van der Waals surface area contributed by atoms with Crippen molar-refractivity contribution in [2.75, 3.05) is 19.9 Å². The maximum Gasteiger partial charge on any atom is 0.231 e. The molecule has 1 N–H and O–H groups in total. The lowest BCUT2D eigenvalue weighted by atomic mass is 10.1. The Kier molecular flexibility index (Phi) is 6.33. The second-order valence-corrected chi connectivity index (χ2v) is 5.85. The summed E-state index contributed by atoms with van der Waals surface area (Å²) in [6.45, 7) is 8.56. The molecule has 0 bridgehead atoms. The summed E-state index contributed by atoms with van der Waals surface area (Å²) in [5.74, 6) is 1.73. The minimum Gasteiger partial charge on any atom is -0.454 e. The van der Waals surface area contributed by atoms with E-state index in [2.05, 4.69) is 38.2 Å². The number of hydrogen-bond donors (Lipinski definition) is 1. The molecule has 1 aliphatic heterocycles. The maximum absolute atomic E-state index is 5.53. The number of ether oxygens (including phenoxy) is 3. The van der Waals surface area contributed by atoms with Crippen molar-refractivity contribution in [2.45, 2.75) is 52.2 Å². The van der Waals surface area contributed by atoms with Crippen LogP contribution >= 0.6 is 0 Å². The summed E-state index contributed by atoms with van der Waals surface area (Å²) < 4.78 is 16.3. The van der Waals surface area contributed by atoms with Crippen molar-refractivity contribution in [3.05, 3.63) is 23.8 Å². The Balaban J connectivity index is 1.61. The summed E-state index contributed by atoms with van der Waals surface area (Å²) >= 11 is 0. The Morgan fingerprint density at radius 1 is 1.19 bits per heavy atom. The molecule has 1 atom stereocenters. The molecule has 1 heterocycles. The van der Waals surface area contributed by atoms with Gasteiger partial charge in [-0.15, -0.1) is 0 Å². The minimum absolute atomic E-state index is 0.327. The van der Waals surface area contributed by atoms with Gasteiger partial charge in [0.2, 0.25) is 6.79 Å². The highest BCUT2D eigenvalue weighted by Gasteiger charge is 2.13. The number of nitrogens with one attached hydrogen (secondary N) is 1. The normalized spacial score (nSPS) is 14.7. The molecule has 2 rings (SSSR count). The zero-order valence-corrected chi connectivity index (χ0v) is 13.4. The van der Waals surface area contributed by atoms with Gasteiger partial charge in [0.1, 0.15) is 0 Å². The number of benzene rings is 1. The van der Waals surface area contributed by atoms with Crippen molar-refractivity contribution in [3.63, 3.8) is 0 Å². The Morgan fingerprint density at radius 2 is 2.00 bits per heavy atom. The first-order chi connectivity index (χ1) is 10.1. The topological polar surface area (TPSA) is 39.7 Å². The molecule has 0 radical (unpaired) electrons. The lowest BCUT2D eigenvalue weighted by Gasteiger charge is -2.14. The predicted molar refractivity (Wildman–Crippen MR) is 84.1 cm³/mol. The predicted octanol–water partition coefficient (Wildman–Crippen LogP) is 3.14. The van der Waals surface area contributed by atoms with Crippen LogP contribution in [-0.2, 0) is 11.2 Å². The van der Waals surface area contributed by atoms with Crippen molar-refractivity contribution in [2.24, 2.45) is 0 Å². The average molecular weight is 293 g/mol. The summed E-state index contributed by atoms with van der Waals surface area (Å²) in [6.07, 6.45) is 3.55. The van der Waals surface area contributed by atoms with Crippen LogP contribution in [0.25, 0.3) is 0 Å². The van der Waals surface area contributed by atoms with Gasteiger partial charge in [-0.25, -0.2) is 0 Å². The molecule has 0 saturated carbocycles. The van der Waals surface area contributed by atoms with E-state index in [1.807, 2.05) is 6.07 Å². The highest BCUT2D eigenvalue weighted by atomic mass is 16.7. The second-order valence-electron chi connectivity index (χ2n) is 5.85. The van der Waals surface area contributed by atoms with E-state index >= 15 is 0 Å². The van der Waals surface area contributed by atoms with Crippen LogP contribution in [0.1, 0.15) is 39.2 Å². The lowest BCUT2D eigenvalue weighted by molar-refractivity contribution is 0.0767. The van der Waals surface area contributed by atoms with Crippen LogP contribution in [0.4, 0.5) is 0 Å². The van der Waals surface area contributed by atoms with Gasteiger partial charge in [-0.1, -0.05) is 6.07 Å². The van der Waals surface area contributed by atoms with Gasteiger partial charge in [0, 0.05) is 12.6 Å². The highest BCUT2D eigenvalue weighted by Crippen LogP contribution is 2.32. The molecule has 1 aliphatic rings. The zero-order valence-electron chi connectivity index (χ0n) is 13.4. The summed E-state index contributed by atoms with van der Waals surface area (Å²) in [7, 11) is 0. The van der Waals surface area contributed by atoms with Crippen molar-refractivity contribution >= 4 is 0 Å². The fourth-order valence-electron chi connectivity index (χ4n) is 2.32. The van der Waals surface area contributed by atoms with Gasteiger partial charge in [-0.2, -0.15) is 0 Å². The molecular formula is C17H27NO3. The highest BCUT2D eigenvalue weighted by molar-refractivity contribution is 5.44. The Morgan fingerprint density at radius 3 is 2.81 bits per heavy atom. The van der Waals surface area contributed by atoms with Gasteiger partial charge < -0.3 is 19.5 Å². The van der Waals surface area contributed by atoms with Crippen LogP contribution in [0.15, 0.2) is 18.2 Å². The van der Waals surface area contributed by atoms with Gasteiger partial charge in [-0.3, -0.25) is 0 Å². The largest absolute Gasteiger partial charge is 0.454 e. The molecule has 4 heteroatoms. The Labute approximate surface area is 127 Å². The van der Waals surface area contributed by atoms with E-state index in [0.717, 1.165) is 43.9 Å². The molecule has 118 valence electrons. The van der Waals surface area contributed by atoms with Crippen LogP contribution < -0.4 is 14.8 Å². The summed E-state index contributed by atoms with van der Waals surface area (Å²) in [5.41, 5.74) is 1.30. The molecular weight excluding hydrogens is 266 g/mol. The third-order valence-corrected chi connectivity index (χ3v) is 3.57. The quantitative estimate of drug-likeness (QED) is 0.710. The Hall–Kier alpha value is -1.26. The van der Waals surface area contributed by atoms with E-state index in [1.165, 1.54) is 5.56 Å². The standard InChI is InChI=1S/C17H27NO3/c1-13(2)19-10-4-9-18-14(3)5-6-15-7-8-16-17(11-15)21-12-20-16/h7-8,11,13-14,18H,4-6,9-10,12H2,1-3H3.